The fraction of sp³-hybridized carbons (Fsp3) is 0.477. The van der Waals surface area contributed by atoms with Gasteiger partial charge in [-0.15, -0.1) is 0 Å². The number of likely N-dealkylation sites (tertiary alicyclic amines) is 2. The van der Waals surface area contributed by atoms with Gasteiger partial charge in [0.1, 0.15) is 17.6 Å². The van der Waals surface area contributed by atoms with Crippen molar-refractivity contribution < 1.29 is 19.1 Å². The lowest BCUT2D eigenvalue weighted by Gasteiger charge is -2.39. The van der Waals surface area contributed by atoms with Crippen molar-refractivity contribution in [2.24, 2.45) is 0 Å². The van der Waals surface area contributed by atoms with Crippen LogP contribution < -0.4 is 15.6 Å². The van der Waals surface area contributed by atoms with Gasteiger partial charge in [-0.05, 0) is 133 Å². The predicted octanol–water partition coefficient (Wildman–Crippen LogP) is 5.44. The number of hydrogen-bond acceptors (Lipinski definition) is 8. The third-order valence-corrected chi connectivity index (χ3v) is 14.2. The lowest BCUT2D eigenvalue weighted by Crippen LogP contribution is -2.52. The topological polar surface area (TPSA) is 117 Å². The van der Waals surface area contributed by atoms with Gasteiger partial charge in [-0.1, -0.05) is 35.9 Å². The third kappa shape index (κ3) is 5.56. The summed E-state index contributed by atoms with van der Waals surface area (Å²) in [6.07, 6.45) is 6.02. The van der Waals surface area contributed by atoms with Crippen molar-refractivity contribution in [3.63, 3.8) is 0 Å². The molecule has 6 aliphatic rings. The summed E-state index contributed by atoms with van der Waals surface area (Å²) in [4.78, 5) is 62.1. The van der Waals surface area contributed by atoms with Crippen LogP contribution in [0.4, 0.5) is 0 Å². The fourth-order valence-electron chi connectivity index (χ4n) is 10.6. The Hall–Kier alpha value is -4.58. The Kier molecular flexibility index (Phi) is 8.47. The Labute approximate surface area is 330 Å². The number of piperidine rings is 3. The van der Waals surface area contributed by atoms with Gasteiger partial charge >= 0.3 is 0 Å². The van der Waals surface area contributed by atoms with Crippen LogP contribution in [-0.4, -0.2) is 93.9 Å². The molecule has 11 nitrogen and oxygen atoms in total. The van der Waals surface area contributed by atoms with E-state index >= 15 is 0 Å². The van der Waals surface area contributed by atoms with E-state index in [9.17, 15) is 19.2 Å². The molecule has 10 rings (SSSR count). The Balaban J connectivity index is 0.738. The van der Waals surface area contributed by atoms with Gasteiger partial charge in [-0.25, -0.2) is 0 Å². The molecule has 290 valence electrons. The van der Waals surface area contributed by atoms with Crippen molar-refractivity contribution in [1.82, 2.24) is 29.6 Å². The number of carbonyl (C=O) groups excluding carboxylic acids is 3. The third-order valence-electron chi connectivity index (χ3n) is 13.9. The van der Waals surface area contributed by atoms with E-state index in [1.54, 1.807) is 11.0 Å². The Bertz CT molecular complexity index is 2390. The smallest absolute Gasteiger partial charge is 0.282 e. The van der Waals surface area contributed by atoms with Crippen LogP contribution in [0.3, 0.4) is 0 Å². The van der Waals surface area contributed by atoms with Crippen molar-refractivity contribution in [2.45, 2.75) is 88.1 Å². The minimum absolute atomic E-state index is 0.0443. The van der Waals surface area contributed by atoms with Crippen LogP contribution in [0.2, 0.25) is 5.02 Å². The van der Waals surface area contributed by atoms with Gasteiger partial charge in [0.25, 0.3) is 11.5 Å². The maximum atomic E-state index is 13.4. The van der Waals surface area contributed by atoms with E-state index < -0.39 is 6.04 Å². The minimum Gasteiger partial charge on any atom is -0.492 e. The Morgan fingerprint density at radius 2 is 1.66 bits per heavy atom. The van der Waals surface area contributed by atoms with Crippen molar-refractivity contribution in [3.05, 3.63) is 97.5 Å². The monoisotopic (exact) mass is 774 g/mol. The summed E-state index contributed by atoms with van der Waals surface area (Å²) in [5.41, 5.74) is 6.47. The van der Waals surface area contributed by atoms with E-state index in [0.717, 1.165) is 99.7 Å². The summed E-state index contributed by atoms with van der Waals surface area (Å²) in [5, 5.41) is 3.31. The summed E-state index contributed by atoms with van der Waals surface area (Å²) >= 11 is 6.51. The van der Waals surface area contributed by atoms with Gasteiger partial charge in [-0.3, -0.25) is 29.1 Å². The van der Waals surface area contributed by atoms with Crippen molar-refractivity contribution in [2.75, 3.05) is 45.9 Å². The molecule has 56 heavy (non-hydrogen) atoms. The fourth-order valence-corrected chi connectivity index (χ4v) is 10.9. The number of halogens is 1. The Morgan fingerprint density at radius 1 is 0.911 bits per heavy atom. The number of carbonyl (C=O) groups is 3. The van der Waals surface area contributed by atoms with Crippen LogP contribution in [0.1, 0.15) is 103 Å². The number of fused-ring (bicyclic) bond motifs is 9. The lowest BCUT2D eigenvalue weighted by molar-refractivity contribution is -0.136. The zero-order chi connectivity index (χ0) is 38.5. The van der Waals surface area contributed by atoms with Gasteiger partial charge in [0.2, 0.25) is 11.8 Å². The molecule has 12 heteroatoms. The van der Waals surface area contributed by atoms with Crippen molar-refractivity contribution in [1.29, 1.82) is 0 Å². The molecule has 3 fully saturated rings. The molecule has 0 radical (unpaired) electrons. The lowest BCUT2D eigenvalue weighted by atomic mass is 9.74. The number of amides is 3. The second-order valence-corrected chi connectivity index (χ2v) is 17.8. The molecule has 3 amide bonds. The first kappa shape index (κ1) is 35.8. The van der Waals surface area contributed by atoms with E-state index in [0.29, 0.717) is 41.5 Å². The van der Waals surface area contributed by atoms with Crippen LogP contribution in [0.5, 0.6) is 5.75 Å². The SMILES string of the molecule is CC1(C)c2ccc(C3CCN(CCCN4CCC5(CC4)COc4c5ccc5c4CN(C4CCC(=O)NC4=O)C5=O)CC3)cc2-n2c1nc(=O)c1c(Cl)cccc12. The maximum Gasteiger partial charge on any atom is 0.282 e. The quantitative estimate of drug-likeness (QED) is 0.258. The van der Waals surface area contributed by atoms with Gasteiger partial charge < -0.3 is 19.4 Å². The first-order chi connectivity index (χ1) is 27.0. The minimum atomic E-state index is -0.626. The van der Waals surface area contributed by atoms with Crippen LogP contribution in [0.15, 0.2) is 53.3 Å². The van der Waals surface area contributed by atoms with E-state index in [1.165, 1.54) is 16.7 Å². The molecule has 1 spiro atoms. The zero-order valence-electron chi connectivity index (χ0n) is 32.0. The van der Waals surface area contributed by atoms with Gasteiger partial charge in [0.05, 0.1) is 40.2 Å². The molecule has 1 N–H and O–H groups in total. The molecule has 1 atom stereocenters. The standard InChI is InChI=1S/C44H47ClN6O5/c1-43(2)30-9-7-27(23-35(30)51-33-6-3-5-32(45)37(33)40(54)47-42(43)51)26-13-19-48(20-14-26)17-4-18-49-21-15-44(16-22-49)25-56-38-29-24-50(34-11-12-36(52)46-39(34)53)41(55)28(29)8-10-31(38)44/h3,5-10,23,26,34H,4,11-22,24-25H2,1-2H3,(H,46,52,53). The molecule has 6 aliphatic heterocycles. The maximum absolute atomic E-state index is 13.4. The number of nitrogens with one attached hydrogen (secondary N) is 1. The van der Waals surface area contributed by atoms with E-state index in [4.69, 9.17) is 16.3 Å². The molecule has 3 saturated heterocycles. The first-order valence-electron chi connectivity index (χ1n) is 20.3. The summed E-state index contributed by atoms with van der Waals surface area (Å²) in [7, 11) is 0. The highest BCUT2D eigenvalue weighted by Gasteiger charge is 2.48. The highest BCUT2D eigenvalue weighted by atomic mass is 35.5. The molecule has 1 aromatic heterocycles. The Morgan fingerprint density at radius 3 is 2.43 bits per heavy atom. The number of rotatable bonds is 6. The highest BCUT2D eigenvalue weighted by molar-refractivity contribution is 6.35. The number of ether oxygens (including phenoxy) is 1. The van der Waals surface area contributed by atoms with Crippen LogP contribution >= 0.6 is 11.6 Å². The van der Waals surface area contributed by atoms with E-state index in [2.05, 4.69) is 62.8 Å². The normalized spacial score (nSPS) is 22.9. The molecular formula is C44H47ClN6O5. The molecule has 0 bridgehead atoms. The number of nitrogens with zero attached hydrogens (tertiary/aromatic N) is 5. The zero-order valence-corrected chi connectivity index (χ0v) is 32.8. The number of hydrogen-bond donors (Lipinski definition) is 1. The average Bonchev–Trinajstić information content (AvgIpc) is 3.79. The van der Waals surface area contributed by atoms with E-state index in [-0.39, 0.29) is 40.5 Å². The molecular weight excluding hydrogens is 728 g/mol. The number of aromatic nitrogens is 2. The molecule has 0 aliphatic carbocycles. The van der Waals surface area contributed by atoms with Crippen LogP contribution in [0, 0.1) is 0 Å². The second kappa shape index (κ2) is 13.2. The van der Waals surface area contributed by atoms with Crippen molar-refractivity contribution in [3.8, 4) is 11.4 Å². The number of imide groups is 1. The highest BCUT2D eigenvalue weighted by Crippen LogP contribution is 2.50. The van der Waals surface area contributed by atoms with Crippen molar-refractivity contribution >= 4 is 40.2 Å². The molecule has 0 saturated carbocycles. The summed E-state index contributed by atoms with van der Waals surface area (Å²) < 4.78 is 8.55. The van der Waals surface area contributed by atoms with E-state index in [1.807, 2.05) is 18.2 Å². The number of benzene rings is 3. The van der Waals surface area contributed by atoms with Gasteiger partial charge in [0, 0.05) is 28.5 Å². The predicted molar refractivity (Wildman–Crippen MR) is 213 cm³/mol. The summed E-state index contributed by atoms with van der Waals surface area (Å²) in [6.45, 7) is 11.7. The van der Waals surface area contributed by atoms with Gasteiger partial charge in [-0.2, -0.15) is 4.98 Å². The molecule has 1 unspecified atom stereocenters. The second-order valence-electron chi connectivity index (χ2n) is 17.4. The summed E-state index contributed by atoms with van der Waals surface area (Å²) in [6, 6.07) is 15.9. The summed E-state index contributed by atoms with van der Waals surface area (Å²) in [5.74, 6) is 1.27. The molecule has 7 heterocycles. The van der Waals surface area contributed by atoms with Crippen LogP contribution in [-0.2, 0) is 27.0 Å². The molecule has 3 aromatic carbocycles. The largest absolute Gasteiger partial charge is 0.492 e. The average molecular weight is 775 g/mol. The van der Waals surface area contributed by atoms with Crippen LogP contribution in [0.25, 0.3) is 16.6 Å². The molecule has 4 aromatic rings. The first-order valence-corrected chi connectivity index (χ1v) is 20.7. The van der Waals surface area contributed by atoms with Gasteiger partial charge in [0.15, 0.2) is 0 Å².